The zero-order valence-corrected chi connectivity index (χ0v) is 5.16. The first-order valence-electron chi connectivity index (χ1n) is 2.75. The summed E-state index contributed by atoms with van der Waals surface area (Å²) in [5.41, 5.74) is 0.618. The summed E-state index contributed by atoms with van der Waals surface area (Å²) in [7, 11) is 0. The van der Waals surface area contributed by atoms with E-state index in [4.69, 9.17) is 5.11 Å². The molecular weight excluding hydrogens is 130 g/mol. The van der Waals surface area contributed by atoms with Crippen LogP contribution in [0.25, 0.3) is 0 Å². The van der Waals surface area contributed by atoms with E-state index in [-0.39, 0.29) is 5.75 Å². The highest BCUT2D eigenvalue weighted by Crippen LogP contribution is 2.12. The van der Waals surface area contributed by atoms with Crippen LogP contribution < -0.4 is 5.32 Å². The molecule has 0 aliphatic rings. The summed E-state index contributed by atoms with van der Waals surface area (Å²) in [5, 5.41) is 11.1. The summed E-state index contributed by atoms with van der Waals surface area (Å²) in [6, 6.07) is 6.14. The van der Waals surface area contributed by atoms with E-state index in [0.717, 1.165) is 0 Å². The molecule has 0 atom stereocenters. The van der Waals surface area contributed by atoms with Gasteiger partial charge in [0, 0.05) is 5.69 Å². The molecule has 51 valence electrons. The predicted octanol–water partition coefficient (Wildman–Crippen LogP) is 0.871. The summed E-state index contributed by atoms with van der Waals surface area (Å²) in [4.78, 5) is 9.76. The molecule has 0 unspecified atom stereocenters. The zero-order chi connectivity index (χ0) is 7.40. The van der Waals surface area contributed by atoms with E-state index in [9.17, 15) is 4.79 Å². The molecule has 1 amide bonds. The topological polar surface area (TPSA) is 49.3 Å². The molecule has 0 heterocycles. The Morgan fingerprint density at radius 2 is 1.90 bits per heavy atom. The minimum atomic E-state index is 0.177. The highest BCUT2D eigenvalue weighted by Gasteiger charge is 1.88. The smallest absolute Gasteiger partial charge is 0.314 e. The number of hydrogen-bond donors (Lipinski definition) is 2. The Labute approximate surface area is 58.3 Å². The first-order valence-corrected chi connectivity index (χ1v) is 2.75. The molecule has 1 aromatic rings. The van der Waals surface area contributed by atoms with Gasteiger partial charge in [0.05, 0.1) is 0 Å². The van der Waals surface area contributed by atoms with Gasteiger partial charge >= 0.3 is 6.41 Å². The molecule has 0 saturated heterocycles. The van der Waals surface area contributed by atoms with E-state index in [1.54, 1.807) is 12.1 Å². The average molecular weight is 136 g/mol. The van der Waals surface area contributed by atoms with Gasteiger partial charge in [0.2, 0.25) is 0 Å². The van der Waals surface area contributed by atoms with Crippen LogP contribution >= 0.6 is 0 Å². The first kappa shape index (κ1) is 6.61. The Morgan fingerprint density at radius 3 is 2.40 bits per heavy atom. The van der Waals surface area contributed by atoms with Crippen molar-refractivity contribution in [2.24, 2.45) is 0 Å². The Hall–Kier alpha value is -1.51. The molecule has 1 aromatic carbocycles. The molecule has 0 bridgehead atoms. The number of carbonyl (C=O) groups excluding carboxylic acids is 1. The number of aromatic hydroxyl groups is 1. The maximum Gasteiger partial charge on any atom is 0.314 e. The summed E-state index contributed by atoms with van der Waals surface area (Å²) in [6.07, 6.45) is 1.52. The second kappa shape index (κ2) is 2.87. The van der Waals surface area contributed by atoms with E-state index in [1.165, 1.54) is 18.5 Å². The number of benzene rings is 1. The highest BCUT2D eigenvalue weighted by molar-refractivity contribution is 5.71. The van der Waals surface area contributed by atoms with E-state index in [1.807, 2.05) is 0 Å². The lowest BCUT2D eigenvalue weighted by Gasteiger charge is -1.95. The van der Waals surface area contributed by atoms with E-state index < -0.39 is 0 Å². The van der Waals surface area contributed by atoms with Crippen molar-refractivity contribution in [3.8, 4) is 5.75 Å². The van der Waals surface area contributed by atoms with Gasteiger partial charge < -0.3 is 10.4 Å². The third-order valence-corrected chi connectivity index (χ3v) is 1.06. The predicted molar refractivity (Wildman–Crippen MR) is 37.4 cm³/mol. The first-order chi connectivity index (χ1) is 4.83. The minimum absolute atomic E-state index is 0.177. The van der Waals surface area contributed by atoms with Crippen molar-refractivity contribution in [1.82, 2.24) is 0 Å². The lowest BCUT2D eigenvalue weighted by atomic mass is 10.3. The van der Waals surface area contributed by atoms with Crippen LogP contribution in [0.4, 0.5) is 5.69 Å². The number of nitrogens with one attached hydrogen (secondary N) is 1. The maximum absolute atomic E-state index is 9.76. The van der Waals surface area contributed by atoms with Gasteiger partial charge in [0.15, 0.2) is 0 Å². The number of hydrogen-bond acceptors (Lipinski definition) is 2. The van der Waals surface area contributed by atoms with Crippen LogP contribution in [0.3, 0.4) is 0 Å². The molecule has 2 N–H and O–H groups in total. The lowest BCUT2D eigenvalue weighted by molar-refractivity contribution is 0.475. The summed E-state index contributed by atoms with van der Waals surface area (Å²) in [5.74, 6) is 0.177. The van der Waals surface area contributed by atoms with Gasteiger partial charge in [0.25, 0.3) is 0 Å². The van der Waals surface area contributed by atoms with Crippen LogP contribution in [0.1, 0.15) is 0 Å². The normalized spacial score (nSPS) is 8.80. The van der Waals surface area contributed by atoms with Crippen molar-refractivity contribution in [2.45, 2.75) is 0 Å². The van der Waals surface area contributed by atoms with E-state index >= 15 is 0 Å². The van der Waals surface area contributed by atoms with Gasteiger partial charge in [-0.25, -0.2) is 0 Å². The molecule has 3 heteroatoms. The Balaban J connectivity index is 2.78. The molecule has 1 rings (SSSR count). The summed E-state index contributed by atoms with van der Waals surface area (Å²) in [6.45, 7) is 0. The standard InChI is InChI=1S/C7H6NO2/c9-5-8-6-1-3-7(10)4-2-6/h1-4,10H,(H,8,9). The molecule has 0 spiro atoms. The SMILES string of the molecule is O=[C]Nc1ccc(O)cc1. The molecular formula is C7H6NO2. The summed E-state index contributed by atoms with van der Waals surface area (Å²) < 4.78 is 0. The van der Waals surface area contributed by atoms with Crippen molar-refractivity contribution in [3.05, 3.63) is 24.3 Å². The molecule has 0 fully saturated rings. The van der Waals surface area contributed by atoms with Crippen molar-refractivity contribution < 1.29 is 9.90 Å². The fourth-order valence-electron chi connectivity index (χ4n) is 0.604. The van der Waals surface area contributed by atoms with Gasteiger partial charge in [-0.15, -0.1) is 0 Å². The number of amides is 1. The van der Waals surface area contributed by atoms with Gasteiger partial charge in [-0.05, 0) is 24.3 Å². The van der Waals surface area contributed by atoms with Crippen LogP contribution in [0.5, 0.6) is 5.75 Å². The molecule has 0 aliphatic heterocycles. The molecule has 10 heavy (non-hydrogen) atoms. The molecule has 0 saturated carbocycles. The quantitative estimate of drug-likeness (QED) is 0.468. The number of rotatable bonds is 2. The van der Waals surface area contributed by atoms with E-state index in [2.05, 4.69) is 5.32 Å². The van der Waals surface area contributed by atoms with Crippen molar-refractivity contribution in [1.29, 1.82) is 0 Å². The van der Waals surface area contributed by atoms with Gasteiger partial charge in [-0.3, -0.25) is 4.79 Å². The van der Waals surface area contributed by atoms with Gasteiger partial charge in [0.1, 0.15) is 5.75 Å². The molecule has 0 aliphatic carbocycles. The van der Waals surface area contributed by atoms with Crippen LogP contribution in [-0.2, 0) is 4.79 Å². The van der Waals surface area contributed by atoms with Crippen molar-refractivity contribution in [3.63, 3.8) is 0 Å². The molecule has 1 radical (unpaired) electrons. The molecule has 3 nitrogen and oxygen atoms in total. The van der Waals surface area contributed by atoms with Crippen LogP contribution in [-0.4, -0.2) is 11.5 Å². The highest BCUT2D eigenvalue weighted by atomic mass is 16.3. The number of anilines is 1. The second-order valence-corrected chi connectivity index (χ2v) is 1.77. The zero-order valence-electron chi connectivity index (χ0n) is 5.16. The summed E-state index contributed by atoms with van der Waals surface area (Å²) >= 11 is 0. The molecule has 0 aromatic heterocycles. The Morgan fingerprint density at radius 1 is 1.30 bits per heavy atom. The van der Waals surface area contributed by atoms with Crippen molar-refractivity contribution >= 4 is 12.1 Å². The fraction of sp³-hybridized carbons (Fsp3) is 0. The third kappa shape index (κ3) is 1.48. The van der Waals surface area contributed by atoms with Crippen molar-refractivity contribution in [2.75, 3.05) is 5.32 Å². The maximum atomic E-state index is 9.76. The largest absolute Gasteiger partial charge is 0.508 e. The fourth-order valence-corrected chi connectivity index (χ4v) is 0.604. The minimum Gasteiger partial charge on any atom is -0.508 e. The van der Waals surface area contributed by atoms with Crippen LogP contribution in [0.2, 0.25) is 0 Å². The Kier molecular flexibility index (Phi) is 1.89. The monoisotopic (exact) mass is 136 g/mol. The number of phenolic OH excluding ortho intramolecular Hbond substituents is 1. The van der Waals surface area contributed by atoms with Crippen LogP contribution in [0, 0.1) is 0 Å². The lowest BCUT2D eigenvalue weighted by Crippen LogP contribution is -1.91. The van der Waals surface area contributed by atoms with Gasteiger partial charge in [-0.1, -0.05) is 0 Å². The average Bonchev–Trinajstić information content (AvgIpc) is 1.95. The van der Waals surface area contributed by atoms with E-state index in [0.29, 0.717) is 5.69 Å². The Bertz CT molecular complexity index is 218. The number of phenols is 1. The second-order valence-electron chi connectivity index (χ2n) is 1.77. The van der Waals surface area contributed by atoms with Crippen LogP contribution in [0.15, 0.2) is 24.3 Å². The van der Waals surface area contributed by atoms with Gasteiger partial charge in [-0.2, -0.15) is 0 Å². The third-order valence-electron chi connectivity index (χ3n) is 1.06.